The Morgan fingerprint density at radius 3 is 2.86 bits per heavy atom. The van der Waals surface area contributed by atoms with Crippen LogP contribution in [-0.4, -0.2) is 40.1 Å². The highest BCUT2D eigenvalue weighted by atomic mass is 32.2. The van der Waals surface area contributed by atoms with Crippen molar-refractivity contribution < 1.29 is 17.9 Å². The summed E-state index contributed by atoms with van der Waals surface area (Å²) in [6, 6.07) is 4.46. The molecule has 0 aromatic heterocycles. The Balaban J connectivity index is 2.25. The summed E-state index contributed by atoms with van der Waals surface area (Å²) in [5.74, 6) is -0.515. The standard InChI is InChI=1S/C15H22N2O4S/c1-3-21-15(18)12-7-6-11(2)14(9-12)22(19,20)17-13-5-4-8-16-10-13/h6-7,9,13,16-17H,3-5,8,10H2,1-2H3. The molecule has 0 bridgehead atoms. The van der Waals surface area contributed by atoms with Gasteiger partial charge >= 0.3 is 5.97 Å². The van der Waals surface area contributed by atoms with Gasteiger partial charge in [0.15, 0.2) is 0 Å². The van der Waals surface area contributed by atoms with Gasteiger partial charge < -0.3 is 10.1 Å². The van der Waals surface area contributed by atoms with Gasteiger partial charge in [-0.3, -0.25) is 0 Å². The highest BCUT2D eigenvalue weighted by Gasteiger charge is 2.24. The number of aryl methyl sites for hydroxylation is 1. The van der Waals surface area contributed by atoms with Gasteiger partial charge in [0.05, 0.1) is 17.1 Å². The summed E-state index contributed by atoms with van der Waals surface area (Å²) in [6.45, 7) is 5.20. The topological polar surface area (TPSA) is 84.5 Å². The van der Waals surface area contributed by atoms with Crippen LogP contribution >= 0.6 is 0 Å². The van der Waals surface area contributed by atoms with Gasteiger partial charge in [0.2, 0.25) is 10.0 Å². The molecule has 7 heteroatoms. The largest absolute Gasteiger partial charge is 0.462 e. The number of ether oxygens (including phenoxy) is 1. The van der Waals surface area contributed by atoms with Crippen molar-refractivity contribution in [2.75, 3.05) is 19.7 Å². The van der Waals surface area contributed by atoms with Crippen LogP contribution in [0.2, 0.25) is 0 Å². The molecule has 122 valence electrons. The molecule has 2 N–H and O–H groups in total. The van der Waals surface area contributed by atoms with Gasteiger partial charge in [0.25, 0.3) is 0 Å². The van der Waals surface area contributed by atoms with Gasteiger partial charge in [-0.15, -0.1) is 0 Å². The van der Waals surface area contributed by atoms with Gasteiger partial charge in [-0.05, 0) is 50.9 Å². The molecule has 1 heterocycles. The van der Waals surface area contributed by atoms with Crippen molar-refractivity contribution in [3.05, 3.63) is 29.3 Å². The second kappa shape index (κ2) is 7.21. The maximum Gasteiger partial charge on any atom is 0.338 e. The first-order valence-corrected chi connectivity index (χ1v) is 8.93. The molecule has 0 saturated carbocycles. The summed E-state index contributed by atoms with van der Waals surface area (Å²) < 4.78 is 32.8. The first-order chi connectivity index (χ1) is 10.4. The molecule has 0 aliphatic carbocycles. The molecule has 1 aliphatic rings. The Labute approximate surface area is 131 Å². The van der Waals surface area contributed by atoms with E-state index in [1.807, 2.05) is 0 Å². The van der Waals surface area contributed by atoms with E-state index >= 15 is 0 Å². The molecule has 6 nitrogen and oxygen atoms in total. The summed E-state index contributed by atoms with van der Waals surface area (Å²) >= 11 is 0. The number of benzene rings is 1. The average molecular weight is 326 g/mol. The number of sulfonamides is 1. The van der Waals surface area contributed by atoms with Crippen LogP contribution in [0, 0.1) is 6.92 Å². The minimum Gasteiger partial charge on any atom is -0.462 e. The summed E-state index contributed by atoms with van der Waals surface area (Å²) in [7, 11) is -3.66. The molecule has 0 amide bonds. The van der Waals surface area contributed by atoms with Crippen LogP contribution in [0.3, 0.4) is 0 Å². The predicted octanol–water partition coefficient (Wildman–Crippen LogP) is 1.20. The van der Waals surface area contributed by atoms with Gasteiger partial charge in [-0.1, -0.05) is 6.07 Å². The molecule has 2 rings (SSSR count). The minimum atomic E-state index is -3.66. The summed E-state index contributed by atoms with van der Waals surface area (Å²) in [4.78, 5) is 11.9. The molecule has 0 radical (unpaired) electrons. The first kappa shape index (κ1) is 16.9. The average Bonchev–Trinajstić information content (AvgIpc) is 2.48. The van der Waals surface area contributed by atoms with Crippen LogP contribution < -0.4 is 10.0 Å². The number of carbonyl (C=O) groups is 1. The Kier molecular flexibility index (Phi) is 5.55. The van der Waals surface area contributed by atoms with E-state index in [1.165, 1.54) is 6.07 Å². The van der Waals surface area contributed by atoms with Gasteiger partial charge in [0, 0.05) is 12.6 Å². The number of carbonyl (C=O) groups excluding carboxylic acids is 1. The zero-order chi connectivity index (χ0) is 16.2. The molecule has 1 fully saturated rings. The normalized spacial score (nSPS) is 18.9. The maximum atomic E-state index is 12.6. The molecule has 1 aromatic carbocycles. The van der Waals surface area contributed by atoms with Crippen LogP contribution in [0.5, 0.6) is 0 Å². The lowest BCUT2D eigenvalue weighted by molar-refractivity contribution is 0.0526. The molecule has 1 atom stereocenters. The Morgan fingerprint density at radius 1 is 1.45 bits per heavy atom. The number of esters is 1. The molecule has 1 unspecified atom stereocenters. The van der Waals surface area contributed by atoms with E-state index in [-0.39, 0.29) is 23.1 Å². The molecule has 1 aliphatic heterocycles. The van der Waals surface area contributed by atoms with Crippen LogP contribution in [0.25, 0.3) is 0 Å². The first-order valence-electron chi connectivity index (χ1n) is 7.45. The van der Waals surface area contributed by atoms with E-state index < -0.39 is 16.0 Å². The van der Waals surface area contributed by atoms with Gasteiger partial charge in [0.1, 0.15) is 0 Å². The van der Waals surface area contributed by atoms with E-state index in [2.05, 4.69) is 10.0 Å². The fourth-order valence-electron chi connectivity index (χ4n) is 2.47. The molecule has 0 spiro atoms. The van der Waals surface area contributed by atoms with Gasteiger partial charge in [-0.2, -0.15) is 0 Å². The van der Waals surface area contributed by atoms with E-state index in [0.717, 1.165) is 19.4 Å². The number of piperidine rings is 1. The summed E-state index contributed by atoms with van der Waals surface area (Å²) in [5, 5.41) is 3.17. The lowest BCUT2D eigenvalue weighted by Crippen LogP contribution is -2.45. The smallest absolute Gasteiger partial charge is 0.338 e. The Morgan fingerprint density at radius 2 is 2.23 bits per heavy atom. The van der Waals surface area contributed by atoms with E-state index in [1.54, 1.807) is 26.0 Å². The third-order valence-electron chi connectivity index (χ3n) is 3.61. The van der Waals surface area contributed by atoms with Crippen LogP contribution in [0.15, 0.2) is 23.1 Å². The molecule has 1 aromatic rings. The third-order valence-corrected chi connectivity index (χ3v) is 5.27. The van der Waals surface area contributed by atoms with Crippen molar-refractivity contribution in [1.29, 1.82) is 0 Å². The fraction of sp³-hybridized carbons (Fsp3) is 0.533. The molecule has 1 saturated heterocycles. The van der Waals surface area contributed by atoms with Crippen LogP contribution in [-0.2, 0) is 14.8 Å². The SMILES string of the molecule is CCOC(=O)c1ccc(C)c(S(=O)(=O)NC2CCCNC2)c1. The van der Waals surface area contributed by atoms with Crippen molar-refractivity contribution in [2.45, 2.75) is 37.6 Å². The highest BCUT2D eigenvalue weighted by Crippen LogP contribution is 2.19. The Hall–Kier alpha value is -1.44. The van der Waals surface area contributed by atoms with Crippen LogP contribution in [0.4, 0.5) is 0 Å². The summed E-state index contributed by atoms with van der Waals surface area (Å²) in [6.07, 6.45) is 1.75. The molecular formula is C15H22N2O4S. The van der Waals surface area contributed by atoms with E-state index in [9.17, 15) is 13.2 Å². The number of hydrogen-bond acceptors (Lipinski definition) is 5. The zero-order valence-electron chi connectivity index (χ0n) is 12.9. The lowest BCUT2D eigenvalue weighted by atomic mass is 10.1. The monoisotopic (exact) mass is 326 g/mol. The fourth-order valence-corrected chi connectivity index (χ4v) is 4.01. The second-order valence-corrected chi connectivity index (χ2v) is 7.05. The van der Waals surface area contributed by atoms with Gasteiger partial charge in [-0.25, -0.2) is 17.9 Å². The van der Waals surface area contributed by atoms with Crippen molar-refractivity contribution in [1.82, 2.24) is 10.0 Å². The third kappa shape index (κ3) is 4.06. The molecular weight excluding hydrogens is 304 g/mol. The number of hydrogen-bond donors (Lipinski definition) is 2. The van der Waals surface area contributed by atoms with E-state index in [4.69, 9.17) is 4.74 Å². The quantitative estimate of drug-likeness (QED) is 0.794. The second-order valence-electron chi connectivity index (χ2n) is 5.37. The van der Waals surface area contributed by atoms with Crippen LogP contribution in [0.1, 0.15) is 35.7 Å². The minimum absolute atomic E-state index is 0.121. The molecule has 22 heavy (non-hydrogen) atoms. The van der Waals surface area contributed by atoms with Crippen molar-refractivity contribution in [3.8, 4) is 0 Å². The lowest BCUT2D eigenvalue weighted by Gasteiger charge is -2.24. The highest BCUT2D eigenvalue weighted by molar-refractivity contribution is 7.89. The Bertz CT molecular complexity index is 637. The zero-order valence-corrected chi connectivity index (χ0v) is 13.7. The summed E-state index contributed by atoms with van der Waals surface area (Å²) in [5.41, 5.74) is 0.846. The van der Waals surface area contributed by atoms with Crippen molar-refractivity contribution >= 4 is 16.0 Å². The maximum absolute atomic E-state index is 12.6. The number of rotatable bonds is 5. The predicted molar refractivity (Wildman–Crippen MR) is 83.3 cm³/mol. The number of nitrogens with one attached hydrogen (secondary N) is 2. The van der Waals surface area contributed by atoms with Crippen molar-refractivity contribution in [2.24, 2.45) is 0 Å². The van der Waals surface area contributed by atoms with E-state index in [0.29, 0.717) is 12.1 Å². The van der Waals surface area contributed by atoms with Crippen molar-refractivity contribution in [3.63, 3.8) is 0 Å².